The second kappa shape index (κ2) is 13.3. The summed E-state index contributed by atoms with van der Waals surface area (Å²) in [5.74, 6) is 0.175. The van der Waals surface area contributed by atoms with Gasteiger partial charge in [0.05, 0.1) is 37.4 Å². The Morgan fingerprint density at radius 1 is 1.04 bits per heavy atom. The highest BCUT2D eigenvalue weighted by Gasteiger charge is 2.34. The fraction of sp³-hybridized carbons (Fsp3) is 0.515. The molecule has 12 heteroatoms. The molecule has 2 heterocycles. The van der Waals surface area contributed by atoms with Gasteiger partial charge in [0, 0.05) is 70.0 Å². The molecule has 0 amide bonds. The van der Waals surface area contributed by atoms with Crippen molar-refractivity contribution in [2.24, 2.45) is 0 Å². The van der Waals surface area contributed by atoms with Gasteiger partial charge >= 0.3 is 18.2 Å². The van der Waals surface area contributed by atoms with Crippen molar-refractivity contribution < 1.29 is 37.0 Å². The lowest BCUT2D eigenvalue weighted by Crippen LogP contribution is -2.48. The third-order valence-electron chi connectivity index (χ3n) is 7.98. The van der Waals surface area contributed by atoms with Gasteiger partial charge in [0.1, 0.15) is 11.4 Å². The maximum absolute atomic E-state index is 13.2. The predicted octanol–water partition coefficient (Wildman–Crippen LogP) is 6.41. The molecule has 1 aliphatic heterocycles. The van der Waals surface area contributed by atoms with E-state index in [2.05, 4.69) is 4.90 Å². The minimum Gasteiger partial charge on any atom is -0.496 e. The average molecular weight is 633 g/mol. The third kappa shape index (κ3) is 7.91. The van der Waals surface area contributed by atoms with Crippen molar-refractivity contribution in [2.75, 3.05) is 59.4 Å². The smallest absolute Gasteiger partial charge is 0.419 e. The molecule has 4 rings (SSSR count). The number of methoxy groups -OCH3 is 2. The summed E-state index contributed by atoms with van der Waals surface area (Å²) < 4.78 is 57.5. The number of hydrogen-bond donors (Lipinski definition) is 0. The van der Waals surface area contributed by atoms with Gasteiger partial charge in [0.2, 0.25) is 0 Å². The van der Waals surface area contributed by atoms with E-state index in [4.69, 9.17) is 14.2 Å². The van der Waals surface area contributed by atoms with Gasteiger partial charge in [-0.2, -0.15) is 13.2 Å². The molecule has 0 spiro atoms. The van der Waals surface area contributed by atoms with Gasteiger partial charge in [-0.25, -0.2) is 9.59 Å². The molecule has 1 aliphatic rings. The van der Waals surface area contributed by atoms with Crippen LogP contribution in [0.1, 0.15) is 60.3 Å². The van der Waals surface area contributed by atoms with Gasteiger partial charge in [-0.05, 0) is 63.1 Å². The fourth-order valence-corrected chi connectivity index (χ4v) is 5.85. The van der Waals surface area contributed by atoms with Crippen molar-refractivity contribution in [3.05, 3.63) is 58.8 Å². The quantitative estimate of drug-likeness (QED) is 0.264. The Kier molecular flexibility index (Phi) is 10.1. The van der Waals surface area contributed by atoms with Crippen molar-refractivity contribution in [3.8, 4) is 5.75 Å². The van der Waals surface area contributed by atoms with E-state index in [1.165, 1.54) is 11.7 Å². The number of halogens is 3. The average Bonchev–Trinajstić information content (AvgIpc) is 3.42. The zero-order valence-electron chi connectivity index (χ0n) is 27.2. The first-order chi connectivity index (χ1) is 21.0. The number of alkyl halides is 3. The Bertz CT molecular complexity index is 1540. The molecule has 1 atom stereocenters. The zero-order chi connectivity index (χ0) is 33.3. The molecule has 9 nitrogen and oxygen atoms in total. The van der Waals surface area contributed by atoms with Crippen molar-refractivity contribution in [1.29, 1.82) is 0 Å². The van der Waals surface area contributed by atoms with Crippen molar-refractivity contribution in [1.82, 2.24) is 14.4 Å². The predicted molar refractivity (Wildman–Crippen MR) is 167 cm³/mol. The third-order valence-corrected chi connectivity index (χ3v) is 7.98. The lowest BCUT2D eigenvalue weighted by Gasteiger charge is -2.42. The van der Waals surface area contributed by atoms with E-state index in [1.54, 1.807) is 19.4 Å². The monoisotopic (exact) mass is 632 g/mol. The summed E-state index contributed by atoms with van der Waals surface area (Å²) in [4.78, 5) is 31.5. The molecule has 1 aromatic heterocycles. The molecule has 0 N–H and O–H groups in total. The lowest BCUT2D eigenvalue weighted by molar-refractivity contribution is -0.139. The molecule has 1 saturated heterocycles. The van der Waals surface area contributed by atoms with E-state index in [0.29, 0.717) is 48.7 Å². The number of esters is 1. The van der Waals surface area contributed by atoms with E-state index < -0.39 is 30.3 Å². The number of rotatable bonds is 8. The van der Waals surface area contributed by atoms with E-state index in [0.717, 1.165) is 22.1 Å². The Morgan fingerprint density at radius 2 is 1.76 bits per heavy atom. The molecule has 0 aliphatic carbocycles. The summed E-state index contributed by atoms with van der Waals surface area (Å²) in [7, 11) is 6.56. The molecule has 3 aromatic rings. The zero-order valence-corrected chi connectivity index (χ0v) is 27.2. The summed E-state index contributed by atoms with van der Waals surface area (Å²) in [5.41, 5.74) is 3.63. The number of nitrogens with zero attached hydrogens (tertiary/aromatic N) is 4. The van der Waals surface area contributed by atoms with Crippen LogP contribution in [0.3, 0.4) is 0 Å². The van der Waals surface area contributed by atoms with Crippen LogP contribution in [0.4, 0.5) is 23.7 Å². The number of fused-ring (bicyclic) bond motifs is 1. The van der Waals surface area contributed by atoms with Crippen LogP contribution in [-0.4, -0.2) is 92.7 Å². The molecule has 246 valence electrons. The number of benzene rings is 2. The molecular weight excluding hydrogens is 589 g/mol. The first-order valence-corrected chi connectivity index (χ1v) is 14.9. The highest BCUT2D eigenvalue weighted by atomic mass is 19.4. The maximum atomic E-state index is 13.2. The Balaban J connectivity index is 1.77. The minimum atomic E-state index is -4.25. The highest BCUT2D eigenvalue weighted by molar-refractivity contribution is 5.96. The second-order valence-electron chi connectivity index (χ2n) is 12.6. The Labute approximate surface area is 262 Å². The number of aryl methyl sites for hydroxylation is 1. The van der Waals surface area contributed by atoms with Gasteiger partial charge in [-0.15, -0.1) is 0 Å². The molecule has 0 saturated carbocycles. The van der Waals surface area contributed by atoms with Gasteiger partial charge in [-0.3, -0.25) is 14.4 Å². The summed E-state index contributed by atoms with van der Waals surface area (Å²) in [6.45, 7) is 8.94. The number of anilines is 1. The number of carbonyl (C=O) groups excluding carboxylic acids is 2. The fourth-order valence-electron chi connectivity index (χ4n) is 5.85. The van der Waals surface area contributed by atoms with Gasteiger partial charge in [-0.1, -0.05) is 6.07 Å². The number of carbonyl (C=O) groups is 2. The van der Waals surface area contributed by atoms with Crippen LogP contribution in [0.25, 0.3) is 10.9 Å². The van der Waals surface area contributed by atoms with Gasteiger partial charge in [0.15, 0.2) is 0 Å². The highest BCUT2D eigenvalue weighted by Crippen LogP contribution is 2.37. The SMILES string of the molecule is COC(=O)c1ccc([C@@H]2CN(CCC(F)(F)F)CCN2Cc2c(OC)cc(C)c3c2ccn3C(=O)OC(C)(C)C)cc1N(C)C. The van der Waals surface area contributed by atoms with Crippen LogP contribution in [0.5, 0.6) is 5.75 Å². The summed E-state index contributed by atoms with van der Waals surface area (Å²) in [6.07, 6.45) is -3.95. The maximum Gasteiger partial charge on any atom is 0.419 e. The van der Waals surface area contributed by atoms with Crippen LogP contribution in [-0.2, 0) is 16.0 Å². The van der Waals surface area contributed by atoms with E-state index in [-0.39, 0.29) is 12.6 Å². The molecule has 1 fully saturated rings. The first-order valence-electron chi connectivity index (χ1n) is 14.9. The standard InChI is InChI=1S/C33H43F3N4O5/c1-21-17-28(43-7)25(23-11-13-40(29(21)23)31(42)45-32(2,3)4)19-39-16-15-38(14-12-33(34,35)36)20-27(39)22-9-10-24(30(41)44-8)26(18-22)37(5)6/h9-11,13,17-18,27H,12,14-16,19-20H2,1-8H3/t27-/m0/s1. The number of ether oxygens (including phenoxy) is 3. The van der Waals surface area contributed by atoms with Crippen molar-refractivity contribution in [2.45, 2.75) is 58.5 Å². The Hall–Kier alpha value is -3.77. The van der Waals surface area contributed by atoms with Crippen molar-refractivity contribution in [3.63, 3.8) is 0 Å². The van der Waals surface area contributed by atoms with E-state index in [9.17, 15) is 22.8 Å². The normalized spacial score (nSPS) is 16.6. The largest absolute Gasteiger partial charge is 0.496 e. The van der Waals surface area contributed by atoms with Crippen LogP contribution in [0.2, 0.25) is 0 Å². The number of piperazine rings is 1. The molecule has 0 radical (unpaired) electrons. The molecular formula is C33H43F3N4O5. The molecule has 45 heavy (non-hydrogen) atoms. The van der Waals surface area contributed by atoms with Crippen molar-refractivity contribution >= 4 is 28.7 Å². The molecule has 2 aromatic carbocycles. The van der Waals surface area contributed by atoms with Crippen LogP contribution >= 0.6 is 0 Å². The lowest BCUT2D eigenvalue weighted by atomic mass is 9.97. The minimum absolute atomic E-state index is 0.106. The molecule has 0 unspecified atom stereocenters. The van der Waals surface area contributed by atoms with Crippen LogP contribution in [0.15, 0.2) is 36.5 Å². The molecule has 0 bridgehead atoms. The first kappa shape index (κ1) is 34.1. The summed E-state index contributed by atoms with van der Waals surface area (Å²) >= 11 is 0. The van der Waals surface area contributed by atoms with E-state index >= 15 is 0 Å². The number of hydrogen-bond acceptors (Lipinski definition) is 8. The van der Waals surface area contributed by atoms with Crippen LogP contribution < -0.4 is 9.64 Å². The van der Waals surface area contributed by atoms with Gasteiger partial charge < -0.3 is 19.1 Å². The summed E-state index contributed by atoms with van der Waals surface area (Å²) in [6, 6.07) is 8.90. The second-order valence-corrected chi connectivity index (χ2v) is 12.6. The summed E-state index contributed by atoms with van der Waals surface area (Å²) in [5, 5.41) is 0.825. The topological polar surface area (TPSA) is 76.5 Å². The number of aromatic nitrogens is 1. The van der Waals surface area contributed by atoms with Gasteiger partial charge in [0.25, 0.3) is 0 Å². The van der Waals surface area contributed by atoms with E-state index in [1.807, 2.05) is 75.9 Å². The van der Waals surface area contributed by atoms with Crippen LogP contribution in [0, 0.1) is 6.92 Å². The Morgan fingerprint density at radius 3 is 2.36 bits per heavy atom.